The van der Waals surface area contributed by atoms with Crippen molar-refractivity contribution in [1.82, 2.24) is 14.8 Å². The van der Waals surface area contributed by atoms with Gasteiger partial charge in [-0.15, -0.1) is 10.2 Å². The van der Waals surface area contributed by atoms with E-state index in [2.05, 4.69) is 24.0 Å². The molecule has 5 nitrogen and oxygen atoms in total. The van der Waals surface area contributed by atoms with E-state index in [-0.39, 0.29) is 11.4 Å². The van der Waals surface area contributed by atoms with Crippen molar-refractivity contribution < 1.29 is 8.81 Å². The lowest BCUT2D eigenvalue weighted by molar-refractivity contribution is 0.496. The van der Waals surface area contributed by atoms with Crippen LogP contribution in [0.5, 0.6) is 0 Å². The Morgan fingerprint density at radius 3 is 2.64 bits per heavy atom. The zero-order chi connectivity index (χ0) is 22.9. The molecule has 0 saturated carbocycles. The van der Waals surface area contributed by atoms with Crippen LogP contribution in [-0.2, 0) is 12.3 Å². The maximum atomic E-state index is 14.5. The number of hydrogen-bond acceptors (Lipinski definition) is 5. The minimum atomic E-state index is -0.385. The van der Waals surface area contributed by atoms with Gasteiger partial charge in [-0.1, -0.05) is 68.1 Å². The molecule has 0 aliphatic rings. The average Bonchev–Trinajstić information content (AvgIpc) is 3.18. The number of thioether (sulfide) groups is 1. The van der Waals surface area contributed by atoms with Crippen molar-refractivity contribution in [2.75, 3.05) is 0 Å². The highest BCUT2D eigenvalue weighted by molar-refractivity contribution is 7.98. The summed E-state index contributed by atoms with van der Waals surface area (Å²) in [6.07, 6.45) is 0. The quantitative estimate of drug-likeness (QED) is 0.170. The van der Waals surface area contributed by atoms with Crippen molar-refractivity contribution >= 4 is 33.5 Å². The number of hydrogen-bond donors (Lipinski definition) is 0. The standard InChI is InChI=1S/C26H22FN3O2S/c1-16(2)14-30-25(20-9-5-6-10-21(20)27)28-29-26(30)33-15-18-13-23(31)32-22-12-11-17-7-3-4-8-19(17)24(18)22/h3-13,16H,14-15H2,1-2H3. The first-order valence-corrected chi connectivity index (χ1v) is 11.7. The van der Waals surface area contributed by atoms with Gasteiger partial charge in [0.1, 0.15) is 11.4 Å². The normalized spacial score (nSPS) is 11.6. The van der Waals surface area contributed by atoms with Crippen molar-refractivity contribution in [3.8, 4) is 11.4 Å². The van der Waals surface area contributed by atoms with Gasteiger partial charge in [-0.05, 0) is 40.5 Å². The SMILES string of the molecule is CC(C)Cn1c(SCc2cc(=O)oc3ccc4ccccc4c23)nnc1-c1ccccc1F. The molecule has 0 radical (unpaired) electrons. The van der Waals surface area contributed by atoms with Gasteiger partial charge >= 0.3 is 5.63 Å². The Balaban J connectivity index is 1.57. The molecule has 3 aromatic carbocycles. The van der Waals surface area contributed by atoms with Crippen LogP contribution < -0.4 is 5.63 Å². The highest BCUT2D eigenvalue weighted by Gasteiger charge is 2.19. The second-order valence-electron chi connectivity index (χ2n) is 8.33. The van der Waals surface area contributed by atoms with E-state index >= 15 is 0 Å². The Bertz CT molecular complexity index is 1520. The minimum absolute atomic E-state index is 0.319. The van der Waals surface area contributed by atoms with Crippen LogP contribution in [0.2, 0.25) is 0 Å². The minimum Gasteiger partial charge on any atom is -0.423 e. The number of halogens is 1. The Morgan fingerprint density at radius 1 is 1.03 bits per heavy atom. The van der Waals surface area contributed by atoms with Crippen LogP contribution in [0.1, 0.15) is 19.4 Å². The first-order valence-electron chi connectivity index (χ1n) is 10.8. The van der Waals surface area contributed by atoms with Crippen molar-refractivity contribution in [2.24, 2.45) is 5.92 Å². The van der Waals surface area contributed by atoms with E-state index in [1.54, 1.807) is 24.3 Å². The van der Waals surface area contributed by atoms with E-state index in [4.69, 9.17) is 4.42 Å². The molecule has 166 valence electrons. The molecule has 0 fully saturated rings. The molecule has 0 saturated heterocycles. The second-order valence-corrected chi connectivity index (χ2v) is 9.27. The van der Waals surface area contributed by atoms with Crippen LogP contribution >= 0.6 is 11.8 Å². The number of aromatic nitrogens is 3. The summed E-state index contributed by atoms with van der Waals surface area (Å²) < 4.78 is 21.9. The first-order chi connectivity index (χ1) is 16.0. The molecule has 0 unspecified atom stereocenters. The fraction of sp³-hybridized carbons (Fsp3) is 0.192. The zero-order valence-electron chi connectivity index (χ0n) is 18.3. The molecule has 33 heavy (non-hydrogen) atoms. The predicted molar refractivity (Wildman–Crippen MR) is 130 cm³/mol. The summed E-state index contributed by atoms with van der Waals surface area (Å²) in [5.74, 6) is 1.00. The van der Waals surface area contributed by atoms with Crippen LogP contribution in [0.25, 0.3) is 33.1 Å². The van der Waals surface area contributed by atoms with E-state index < -0.39 is 0 Å². The molecule has 7 heteroatoms. The second kappa shape index (κ2) is 8.83. The van der Waals surface area contributed by atoms with Crippen LogP contribution in [0.4, 0.5) is 4.39 Å². The predicted octanol–water partition coefficient (Wildman–Crippen LogP) is 6.29. The Kier molecular flexibility index (Phi) is 5.72. The molecule has 0 N–H and O–H groups in total. The molecule has 0 spiro atoms. The smallest absolute Gasteiger partial charge is 0.336 e. The molecule has 0 bridgehead atoms. The lowest BCUT2D eigenvalue weighted by Crippen LogP contribution is -2.08. The van der Waals surface area contributed by atoms with Crippen LogP contribution in [-0.4, -0.2) is 14.8 Å². The lowest BCUT2D eigenvalue weighted by Gasteiger charge is -2.13. The molecule has 5 aromatic rings. The fourth-order valence-corrected chi connectivity index (χ4v) is 4.97. The summed E-state index contributed by atoms with van der Waals surface area (Å²) in [6.45, 7) is 4.85. The molecule has 0 amide bonds. The van der Waals surface area contributed by atoms with Crippen LogP contribution in [0.15, 0.2) is 81.1 Å². The van der Waals surface area contributed by atoms with Crippen molar-refractivity contribution in [3.05, 3.63) is 88.5 Å². The average molecular weight is 460 g/mol. The number of nitrogens with zero attached hydrogens (tertiary/aromatic N) is 3. The maximum Gasteiger partial charge on any atom is 0.336 e. The van der Waals surface area contributed by atoms with E-state index in [0.29, 0.717) is 40.3 Å². The Morgan fingerprint density at radius 2 is 1.82 bits per heavy atom. The molecular weight excluding hydrogens is 437 g/mol. The maximum absolute atomic E-state index is 14.5. The summed E-state index contributed by atoms with van der Waals surface area (Å²) in [5, 5.41) is 12.4. The molecule has 2 heterocycles. The molecule has 0 aliphatic heterocycles. The van der Waals surface area contributed by atoms with Crippen molar-refractivity contribution in [1.29, 1.82) is 0 Å². The van der Waals surface area contributed by atoms with Gasteiger partial charge in [0.15, 0.2) is 11.0 Å². The molecular formula is C26H22FN3O2S. The topological polar surface area (TPSA) is 60.9 Å². The monoisotopic (exact) mass is 459 g/mol. The summed E-state index contributed by atoms with van der Waals surface area (Å²) in [5.41, 5.74) is 1.47. The van der Waals surface area contributed by atoms with Gasteiger partial charge in [-0.25, -0.2) is 9.18 Å². The first kappa shape index (κ1) is 21.4. The fourth-order valence-electron chi connectivity index (χ4n) is 4.04. The van der Waals surface area contributed by atoms with Crippen molar-refractivity contribution in [3.63, 3.8) is 0 Å². The summed E-state index contributed by atoms with van der Waals surface area (Å²) in [6, 6.07) is 20.0. The van der Waals surface area contributed by atoms with E-state index in [1.807, 2.05) is 41.0 Å². The molecule has 2 aromatic heterocycles. The van der Waals surface area contributed by atoms with Gasteiger partial charge in [0.2, 0.25) is 0 Å². The third-order valence-corrected chi connectivity index (χ3v) is 6.47. The van der Waals surface area contributed by atoms with E-state index in [1.165, 1.54) is 17.8 Å². The molecule has 0 atom stereocenters. The summed E-state index contributed by atoms with van der Waals surface area (Å²) in [7, 11) is 0. The number of benzene rings is 3. The largest absolute Gasteiger partial charge is 0.423 e. The lowest BCUT2D eigenvalue weighted by atomic mass is 10.0. The van der Waals surface area contributed by atoms with Gasteiger partial charge in [-0.3, -0.25) is 0 Å². The van der Waals surface area contributed by atoms with Gasteiger partial charge < -0.3 is 8.98 Å². The van der Waals surface area contributed by atoms with Gasteiger partial charge in [0.05, 0.1) is 5.56 Å². The molecule has 5 rings (SSSR count). The van der Waals surface area contributed by atoms with Crippen molar-refractivity contribution in [2.45, 2.75) is 31.3 Å². The summed E-state index contributed by atoms with van der Waals surface area (Å²) in [4.78, 5) is 12.2. The zero-order valence-corrected chi connectivity index (χ0v) is 19.1. The van der Waals surface area contributed by atoms with Crippen LogP contribution in [0.3, 0.4) is 0 Å². The third kappa shape index (κ3) is 4.16. The Hall–Kier alpha value is -3.45. The number of fused-ring (bicyclic) bond motifs is 3. The van der Waals surface area contributed by atoms with Gasteiger partial charge in [0.25, 0.3) is 0 Å². The summed E-state index contributed by atoms with van der Waals surface area (Å²) >= 11 is 1.48. The number of rotatable bonds is 6. The highest BCUT2D eigenvalue weighted by Crippen LogP contribution is 2.33. The molecule has 0 aliphatic carbocycles. The van der Waals surface area contributed by atoms with Crippen LogP contribution in [0, 0.1) is 11.7 Å². The van der Waals surface area contributed by atoms with E-state index in [9.17, 15) is 9.18 Å². The van der Waals surface area contributed by atoms with Gasteiger partial charge in [0, 0.05) is 23.8 Å². The highest BCUT2D eigenvalue weighted by atomic mass is 32.2. The van der Waals surface area contributed by atoms with E-state index in [0.717, 1.165) is 21.7 Å². The van der Waals surface area contributed by atoms with Gasteiger partial charge in [-0.2, -0.15) is 0 Å². The Labute approximate surface area is 194 Å². The third-order valence-electron chi connectivity index (χ3n) is 5.45.